The molecule has 0 fully saturated rings. The molecule has 2 atom stereocenters. The van der Waals surface area contributed by atoms with Gasteiger partial charge in [0.25, 0.3) is 0 Å². The first kappa shape index (κ1) is 18.0. The van der Waals surface area contributed by atoms with E-state index in [9.17, 15) is 14.7 Å². The Hall–Kier alpha value is -2.08. The molecular weight excluding hydrogens is 286 g/mol. The molecule has 2 unspecified atom stereocenters. The van der Waals surface area contributed by atoms with Gasteiger partial charge in [0, 0.05) is 5.56 Å². The minimum atomic E-state index is -0.934. The van der Waals surface area contributed by atoms with Crippen molar-refractivity contribution in [2.75, 3.05) is 6.61 Å². The molecule has 22 heavy (non-hydrogen) atoms. The predicted octanol–water partition coefficient (Wildman–Crippen LogP) is 2.26. The lowest BCUT2D eigenvalue weighted by molar-refractivity contribution is -0.157. The number of carbonyl (C=O) groups is 2. The summed E-state index contributed by atoms with van der Waals surface area (Å²) in [5.41, 5.74) is 6.31. The van der Waals surface area contributed by atoms with E-state index in [4.69, 9.17) is 15.2 Å². The lowest BCUT2D eigenvalue weighted by Gasteiger charge is -2.15. The first-order valence-corrected chi connectivity index (χ1v) is 7.34. The van der Waals surface area contributed by atoms with Crippen molar-refractivity contribution < 1.29 is 24.2 Å². The fraction of sp³-hybridized carbons (Fsp3) is 0.500. The quantitative estimate of drug-likeness (QED) is 0.434. The molecule has 1 aromatic rings. The van der Waals surface area contributed by atoms with Gasteiger partial charge in [-0.1, -0.05) is 32.4 Å². The van der Waals surface area contributed by atoms with Crippen molar-refractivity contribution in [1.82, 2.24) is 0 Å². The number of phenols is 1. The Morgan fingerprint density at radius 2 is 1.91 bits per heavy atom. The molecule has 0 aliphatic heterocycles. The third kappa shape index (κ3) is 6.13. The molecule has 3 N–H and O–H groups in total. The van der Waals surface area contributed by atoms with E-state index in [1.54, 1.807) is 19.1 Å². The second-order valence-corrected chi connectivity index (χ2v) is 5.13. The van der Waals surface area contributed by atoms with Crippen molar-refractivity contribution in [3.05, 3.63) is 29.8 Å². The molecule has 0 heterocycles. The van der Waals surface area contributed by atoms with Gasteiger partial charge in [0.2, 0.25) is 0 Å². The van der Waals surface area contributed by atoms with E-state index in [0.29, 0.717) is 12.2 Å². The number of rotatable bonds is 8. The highest BCUT2D eigenvalue weighted by molar-refractivity contribution is 5.79. The molecule has 0 saturated carbocycles. The van der Waals surface area contributed by atoms with E-state index in [1.807, 2.05) is 6.92 Å². The molecule has 1 aromatic carbocycles. The predicted molar refractivity (Wildman–Crippen MR) is 80.8 cm³/mol. The molecule has 0 aliphatic rings. The van der Waals surface area contributed by atoms with Gasteiger partial charge in [-0.05, 0) is 18.6 Å². The molecule has 0 saturated heterocycles. The Balaban J connectivity index is 2.41. The molecule has 0 aromatic heterocycles. The van der Waals surface area contributed by atoms with Crippen LogP contribution >= 0.6 is 0 Å². The van der Waals surface area contributed by atoms with Crippen LogP contribution < -0.4 is 5.73 Å². The van der Waals surface area contributed by atoms with Crippen molar-refractivity contribution in [2.45, 2.75) is 39.3 Å². The van der Waals surface area contributed by atoms with Gasteiger partial charge in [0.05, 0.1) is 18.9 Å². The normalized spacial score (nSPS) is 13.2. The SMILES string of the molecule is CCCCOC(=O)C(C)CC(=O)OC(N)c1ccc(O)cc1. The number of hydrogen-bond acceptors (Lipinski definition) is 6. The highest BCUT2D eigenvalue weighted by Gasteiger charge is 2.21. The Morgan fingerprint density at radius 1 is 1.27 bits per heavy atom. The monoisotopic (exact) mass is 309 g/mol. The molecule has 0 spiro atoms. The molecular formula is C16H23NO5. The van der Waals surface area contributed by atoms with Crippen LogP contribution in [-0.4, -0.2) is 23.7 Å². The van der Waals surface area contributed by atoms with Crippen LogP contribution in [-0.2, 0) is 19.1 Å². The minimum Gasteiger partial charge on any atom is -0.508 e. The van der Waals surface area contributed by atoms with Gasteiger partial charge in [-0.3, -0.25) is 15.3 Å². The number of ether oxygens (including phenoxy) is 2. The lowest BCUT2D eigenvalue weighted by atomic mass is 10.1. The van der Waals surface area contributed by atoms with E-state index >= 15 is 0 Å². The van der Waals surface area contributed by atoms with Crippen LogP contribution in [0, 0.1) is 5.92 Å². The largest absolute Gasteiger partial charge is 0.508 e. The van der Waals surface area contributed by atoms with Crippen molar-refractivity contribution >= 4 is 11.9 Å². The summed E-state index contributed by atoms with van der Waals surface area (Å²) in [6.45, 7) is 3.97. The van der Waals surface area contributed by atoms with E-state index in [1.165, 1.54) is 12.1 Å². The third-order valence-electron chi connectivity index (χ3n) is 3.10. The molecule has 0 radical (unpaired) electrons. The summed E-state index contributed by atoms with van der Waals surface area (Å²) in [5, 5.41) is 9.19. The third-order valence-corrected chi connectivity index (χ3v) is 3.10. The first-order valence-electron chi connectivity index (χ1n) is 7.34. The van der Waals surface area contributed by atoms with Crippen LogP contribution in [0.3, 0.4) is 0 Å². The molecule has 0 bridgehead atoms. The zero-order valence-electron chi connectivity index (χ0n) is 13.0. The zero-order valence-corrected chi connectivity index (χ0v) is 13.0. The van der Waals surface area contributed by atoms with E-state index in [2.05, 4.69) is 0 Å². The number of aromatic hydroxyl groups is 1. The fourth-order valence-corrected chi connectivity index (χ4v) is 1.71. The van der Waals surface area contributed by atoms with Gasteiger partial charge < -0.3 is 14.6 Å². The standard InChI is InChI=1S/C16H23NO5/c1-3-4-9-21-16(20)11(2)10-14(19)22-15(17)12-5-7-13(18)8-6-12/h5-8,11,15,18H,3-4,9-10,17H2,1-2H3. The summed E-state index contributed by atoms with van der Waals surface area (Å²) in [4.78, 5) is 23.4. The van der Waals surface area contributed by atoms with Crippen LogP contribution in [0.1, 0.15) is 44.9 Å². The summed E-state index contributed by atoms with van der Waals surface area (Å²) in [6, 6.07) is 6.04. The summed E-state index contributed by atoms with van der Waals surface area (Å²) in [7, 11) is 0. The molecule has 122 valence electrons. The highest BCUT2D eigenvalue weighted by atomic mass is 16.6. The average molecular weight is 309 g/mol. The number of hydrogen-bond donors (Lipinski definition) is 2. The maximum atomic E-state index is 11.8. The Morgan fingerprint density at radius 3 is 2.50 bits per heavy atom. The summed E-state index contributed by atoms with van der Waals surface area (Å²) >= 11 is 0. The molecule has 6 heteroatoms. The number of nitrogens with two attached hydrogens (primary N) is 1. The lowest BCUT2D eigenvalue weighted by Crippen LogP contribution is -2.23. The van der Waals surface area contributed by atoms with Crippen LogP contribution in [0.4, 0.5) is 0 Å². The highest BCUT2D eigenvalue weighted by Crippen LogP contribution is 2.17. The second kappa shape index (κ2) is 9.04. The molecule has 6 nitrogen and oxygen atoms in total. The van der Waals surface area contributed by atoms with Gasteiger partial charge in [-0.25, -0.2) is 0 Å². The fourth-order valence-electron chi connectivity index (χ4n) is 1.71. The van der Waals surface area contributed by atoms with Gasteiger partial charge in [0.1, 0.15) is 5.75 Å². The number of phenolic OH excluding ortho intramolecular Hbond substituents is 1. The van der Waals surface area contributed by atoms with Crippen molar-refractivity contribution in [3.8, 4) is 5.75 Å². The van der Waals surface area contributed by atoms with E-state index in [-0.39, 0.29) is 12.2 Å². The number of carbonyl (C=O) groups excluding carboxylic acids is 2. The maximum Gasteiger partial charge on any atom is 0.309 e. The van der Waals surface area contributed by atoms with Crippen LogP contribution in [0.15, 0.2) is 24.3 Å². The van der Waals surface area contributed by atoms with E-state index < -0.39 is 24.1 Å². The summed E-state index contributed by atoms with van der Waals surface area (Å²) in [6.07, 6.45) is 0.715. The van der Waals surface area contributed by atoms with Gasteiger partial charge in [-0.15, -0.1) is 0 Å². The van der Waals surface area contributed by atoms with Crippen LogP contribution in [0.5, 0.6) is 5.75 Å². The van der Waals surface area contributed by atoms with Gasteiger partial charge >= 0.3 is 11.9 Å². The maximum absolute atomic E-state index is 11.8. The van der Waals surface area contributed by atoms with Crippen LogP contribution in [0.2, 0.25) is 0 Å². The summed E-state index contributed by atoms with van der Waals surface area (Å²) in [5.74, 6) is -1.45. The number of benzene rings is 1. The van der Waals surface area contributed by atoms with Gasteiger partial charge in [-0.2, -0.15) is 0 Å². The topological polar surface area (TPSA) is 98.9 Å². The van der Waals surface area contributed by atoms with Crippen molar-refractivity contribution in [1.29, 1.82) is 0 Å². The zero-order chi connectivity index (χ0) is 16.5. The van der Waals surface area contributed by atoms with Crippen molar-refractivity contribution in [3.63, 3.8) is 0 Å². The number of unbranched alkanes of at least 4 members (excludes halogenated alkanes) is 1. The van der Waals surface area contributed by atoms with Crippen molar-refractivity contribution in [2.24, 2.45) is 11.7 Å². The molecule has 1 rings (SSSR count). The molecule has 0 amide bonds. The Labute approximate surface area is 130 Å². The smallest absolute Gasteiger partial charge is 0.309 e. The Kier molecular flexibility index (Phi) is 7.39. The summed E-state index contributed by atoms with van der Waals surface area (Å²) < 4.78 is 10.1. The average Bonchev–Trinajstić information content (AvgIpc) is 2.47. The number of esters is 2. The molecule has 0 aliphatic carbocycles. The van der Waals surface area contributed by atoms with E-state index in [0.717, 1.165) is 12.8 Å². The first-order chi connectivity index (χ1) is 10.4. The van der Waals surface area contributed by atoms with Crippen LogP contribution in [0.25, 0.3) is 0 Å². The second-order valence-electron chi connectivity index (χ2n) is 5.13. The Bertz CT molecular complexity index is 486. The van der Waals surface area contributed by atoms with Gasteiger partial charge in [0.15, 0.2) is 6.23 Å². The minimum absolute atomic E-state index is 0.0866.